The van der Waals surface area contributed by atoms with Crippen LogP contribution < -0.4 is 15.2 Å². The second kappa shape index (κ2) is 4.51. The normalized spacial score (nSPS) is 15.3. The van der Waals surface area contributed by atoms with Crippen molar-refractivity contribution in [1.82, 2.24) is 0 Å². The summed E-state index contributed by atoms with van der Waals surface area (Å²) in [5.41, 5.74) is 6.96. The van der Waals surface area contributed by atoms with Gasteiger partial charge in [-0.15, -0.1) is 0 Å². The molecule has 1 atom stereocenters. The number of hydrogen-bond acceptors (Lipinski definition) is 4. The van der Waals surface area contributed by atoms with Gasteiger partial charge in [0.1, 0.15) is 0 Å². The molecule has 0 aromatic heterocycles. The second-order valence-corrected chi connectivity index (χ2v) is 3.38. The molecule has 1 aliphatic heterocycles. The highest BCUT2D eigenvalue weighted by Crippen LogP contribution is 2.33. The molecule has 1 aromatic carbocycles. The first kappa shape index (κ1) is 10.3. The highest BCUT2D eigenvalue weighted by atomic mass is 16.7. The van der Waals surface area contributed by atoms with E-state index in [0.29, 0.717) is 20.0 Å². The Bertz CT molecular complexity index is 341. The van der Waals surface area contributed by atoms with Crippen LogP contribution in [0.5, 0.6) is 11.5 Å². The lowest BCUT2D eigenvalue weighted by Crippen LogP contribution is -2.16. The van der Waals surface area contributed by atoms with Crippen LogP contribution in [-0.2, 0) is 4.74 Å². The molecule has 1 unspecified atom stereocenters. The monoisotopic (exact) mass is 209 g/mol. The molecular formula is C11H15NO3. The molecule has 0 amide bonds. The molecule has 0 bridgehead atoms. The Morgan fingerprint density at radius 1 is 1.40 bits per heavy atom. The first-order valence-corrected chi connectivity index (χ1v) is 5.04. The molecule has 0 fully saturated rings. The minimum absolute atomic E-state index is 0.112. The Morgan fingerprint density at radius 3 is 3.00 bits per heavy atom. The molecule has 0 radical (unpaired) electrons. The van der Waals surface area contributed by atoms with Crippen molar-refractivity contribution in [2.45, 2.75) is 13.0 Å². The van der Waals surface area contributed by atoms with Crippen molar-refractivity contribution >= 4 is 0 Å². The van der Waals surface area contributed by atoms with Gasteiger partial charge in [-0.2, -0.15) is 0 Å². The number of ether oxygens (including phenoxy) is 3. The number of fused-ring (bicyclic) bond motifs is 1. The maximum atomic E-state index is 5.95. The van der Waals surface area contributed by atoms with E-state index in [1.54, 1.807) is 0 Å². The Morgan fingerprint density at radius 2 is 2.20 bits per heavy atom. The van der Waals surface area contributed by atoms with Gasteiger partial charge >= 0.3 is 0 Å². The molecule has 1 aliphatic rings. The van der Waals surface area contributed by atoms with Crippen LogP contribution in [0, 0.1) is 0 Å². The van der Waals surface area contributed by atoms with Crippen molar-refractivity contribution in [3.63, 3.8) is 0 Å². The quantitative estimate of drug-likeness (QED) is 0.815. The summed E-state index contributed by atoms with van der Waals surface area (Å²) < 4.78 is 15.8. The number of hydrogen-bond donors (Lipinski definition) is 1. The summed E-state index contributed by atoms with van der Waals surface area (Å²) in [5.74, 6) is 1.54. The average Bonchev–Trinajstić information content (AvgIpc) is 2.72. The van der Waals surface area contributed by atoms with E-state index in [9.17, 15) is 0 Å². The van der Waals surface area contributed by atoms with Crippen LogP contribution in [0.3, 0.4) is 0 Å². The van der Waals surface area contributed by atoms with Crippen LogP contribution in [0.2, 0.25) is 0 Å². The molecule has 0 saturated heterocycles. The van der Waals surface area contributed by atoms with Gasteiger partial charge in [-0.3, -0.25) is 0 Å². The summed E-state index contributed by atoms with van der Waals surface area (Å²) in [7, 11) is 0. The van der Waals surface area contributed by atoms with Crippen LogP contribution >= 0.6 is 0 Å². The van der Waals surface area contributed by atoms with Crippen molar-refractivity contribution in [3.05, 3.63) is 23.8 Å². The highest BCUT2D eigenvalue weighted by molar-refractivity contribution is 5.45. The molecule has 0 spiro atoms. The zero-order valence-corrected chi connectivity index (χ0v) is 8.73. The third kappa shape index (κ3) is 2.22. The predicted octanol–water partition coefficient (Wildman–Crippen LogP) is 1.45. The molecule has 15 heavy (non-hydrogen) atoms. The fourth-order valence-electron chi connectivity index (χ4n) is 1.48. The Labute approximate surface area is 88.9 Å². The highest BCUT2D eigenvalue weighted by Gasteiger charge is 2.15. The molecule has 0 saturated carbocycles. The smallest absolute Gasteiger partial charge is 0.231 e. The molecule has 1 heterocycles. The summed E-state index contributed by atoms with van der Waals surface area (Å²) in [4.78, 5) is 0. The van der Waals surface area contributed by atoms with E-state index in [4.69, 9.17) is 19.9 Å². The first-order valence-electron chi connectivity index (χ1n) is 5.04. The van der Waals surface area contributed by atoms with E-state index in [-0.39, 0.29) is 6.04 Å². The van der Waals surface area contributed by atoms with Crippen LogP contribution in [0.15, 0.2) is 18.2 Å². The largest absolute Gasteiger partial charge is 0.454 e. The van der Waals surface area contributed by atoms with Crippen LogP contribution in [0.1, 0.15) is 18.5 Å². The maximum Gasteiger partial charge on any atom is 0.231 e. The minimum Gasteiger partial charge on any atom is -0.454 e. The summed E-state index contributed by atoms with van der Waals surface area (Å²) >= 11 is 0. The van der Waals surface area contributed by atoms with E-state index in [1.165, 1.54) is 0 Å². The number of rotatable bonds is 4. The molecule has 4 heteroatoms. The third-order valence-corrected chi connectivity index (χ3v) is 2.33. The van der Waals surface area contributed by atoms with E-state index >= 15 is 0 Å². The maximum absolute atomic E-state index is 5.95. The number of nitrogens with two attached hydrogens (primary N) is 1. The van der Waals surface area contributed by atoms with Gasteiger partial charge < -0.3 is 19.9 Å². The van der Waals surface area contributed by atoms with E-state index < -0.39 is 0 Å². The summed E-state index contributed by atoms with van der Waals surface area (Å²) in [6, 6.07) is 5.62. The molecule has 0 aliphatic carbocycles. The van der Waals surface area contributed by atoms with Crippen molar-refractivity contribution in [1.29, 1.82) is 0 Å². The zero-order valence-electron chi connectivity index (χ0n) is 8.73. The van der Waals surface area contributed by atoms with Crippen LogP contribution in [0.4, 0.5) is 0 Å². The lowest BCUT2D eigenvalue weighted by molar-refractivity contribution is 0.133. The van der Waals surface area contributed by atoms with Crippen LogP contribution in [-0.4, -0.2) is 20.0 Å². The fourth-order valence-corrected chi connectivity index (χ4v) is 1.48. The molecule has 2 N–H and O–H groups in total. The minimum atomic E-state index is -0.112. The fraction of sp³-hybridized carbons (Fsp3) is 0.455. The first-order chi connectivity index (χ1) is 7.31. The average molecular weight is 209 g/mol. The molecular weight excluding hydrogens is 194 g/mol. The zero-order chi connectivity index (χ0) is 10.7. The van der Waals surface area contributed by atoms with Crippen molar-refractivity contribution in [2.24, 2.45) is 5.73 Å². The molecule has 1 aromatic rings. The van der Waals surface area contributed by atoms with Gasteiger partial charge in [0.15, 0.2) is 11.5 Å². The van der Waals surface area contributed by atoms with Gasteiger partial charge in [0.05, 0.1) is 12.6 Å². The topological polar surface area (TPSA) is 53.7 Å². The van der Waals surface area contributed by atoms with Crippen molar-refractivity contribution in [2.75, 3.05) is 20.0 Å². The van der Waals surface area contributed by atoms with Gasteiger partial charge in [-0.25, -0.2) is 0 Å². The van der Waals surface area contributed by atoms with Gasteiger partial charge in [-0.05, 0) is 24.6 Å². The molecule has 82 valence electrons. The molecule has 4 nitrogen and oxygen atoms in total. The van der Waals surface area contributed by atoms with Gasteiger partial charge in [0.2, 0.25) is 6.79 Å². The third-order valence-electron chi connectivity index (χ3n) is 2.33. The lowest BCUT2D eigenvalue weighted by atomic mass is 10.1. The summed E-state index contributed by atoms with van der Waals surface area (Å²) in [5, 5.41) is 0. The van der Waals surface area contributed by atoms with E-state index in [1.807, 2.05) is 25.1 Å². The Hall–Kier alpha value is -1.26. The molecule has 2 rings (SSSR count). The van der Waals surface area contributed by atoms with E-state index in [2.05, 4.69) is 0 Å². The Kier molecular flexibility index (Phi) is 3.08. The van der Waals surface area contributed by atoms with Crippen LogP contribution in [0.25, 0.3) is 0 Å². The van der Waals surface area contributed by atoms with Gasteiger partial charge in [0, 0.05) is 6.61 Å². The second-order valence-electron chi connectivity index (χ2n) is 3.38. The van der Waals surface area contributed by atoms with E-state index in [0.717, 1.165) is 17.1 Å². The van der Waals surface area contributed by atoms with Gasteiger partial charge in [-0.1, -0.05) is 6.07 Å². The summed E-state index contributed by atoms with van der Waals surface area (Å²) in [6.45, 7) is 3.44. The standard InChI is InChI=1S/C11H15NO3/c1-2-13-6-9(12)8-3-4-10-11(5-8)15-7-14-10/h3-5,9H,2,6-7,12H2,1H3. The van der Waals surface area contributed by atoms with Crippen molar-refractivity contribution < 1.29 is 14.2 Å². The Balaban J connectivity index is 2.08. The van der Waals surface area contributed by atoms with Crippen molar-refractivity contribution in [3.8, 4) is 11.5 Å². The van der Waals surface area contributed by atoms with Gasteiger partial charge in [0.25, 0.3) is 0 Å². The predicted molar refractivity (Wildman–Crippen MR) is 56.0 cm³/mol. The lowest BCUT2D eigenvalue weighted by Gasteiger charge is -2.12. The summed E-state index contributed by atoms with van der Waals surface area (Å²) in [6.07, 6.45) is 0. The number of benzene rings is 1. The SMILES string of the molecule is CCOCC(N)c1ccc2c(c1)OCO2.